The summed E-state index contributed by atoms with van der Waals surface area (Å²) in [5.41, 5.74) is 0. The topological polar surface area (TPSA) is 21.3 Å². The van der Waals surface area contributed by atoms with Gasteiger partial charge in [0.2, 0.25) is 0 Å². The largest absolute Gasteiger partial charge is 0.378 e. The van der Waals surface area contributed by atoms with Gasteiger partial charge in [0.15, 0.2) is 0 Å². The summed E-state index contributed by atoms with van der Waals surface area (Å²) < 4.78 is 5.17. The molecule has 76 valence electrons. The van der Waals surface area contributed by atoms with Gasteiger partial charge in [-0.3, -0.25) is 0 Å². The van der Waals surface area contributed by atoms with Crippen LogP contribution in [0.5, 0.6) is 0 Å². The van der Waals surface area contributed by atoms with Crippen LogP contribution in [0.2, 0.25) is 0 Å². The highest BCUT2D eigenvalue weighted by molar-refractivity contribution is 7.99. The van der Waals surface area contributed by atoms with Crippen LogP contribution < -0.4 is 5.32 Å². The van der Waals surface area contributed by atoms with Gasteiger partial charge in [-0.1, -0.05) is 13.3 Å². The summed E-state index contributed by atoms with van der Waals surface area (Å²) in [4.78, 5) is 0. The van der Waals surface area contributed by atoms with Crippen molar-refractivity contribution < 1.29 is 4.74 Å². The van der Waals surface area contributed by atoms with E-state index in [2.05, 4.69) is 24.0 Å². The molecule has 1 heterocycles. The summed E-state index contributed by atoms with van der Waals surface area (Å²) in [6.45, 7) is 4.12. The van der Waals surface area contributed by atoms with E-state index in [1.54, 1.807) is 0 Å². The molecule has 0 bridgehead atoms. The average molecular weight is 201 g/mol. The minimum Gasteiger partial charge on any atom is -0.378 e. The van der Waals surface area contributed by atoms with Crippen molar-refractivity contribution in [3.05, 3.63) is 0 Å². The fourth-order valence-electron chi connectivity index (χ4n) is 2.16. The third-order valence-corrected chi connectivity index (χ3v) is 4.25. The van der Waals surface area contributed by atoms with Crippen LogP contribution in [0.3, 0.4) is 0 Å². The van der Waals surface area contributed by atoms with Crippen LogP contribution in [0.15, 0.2) is 0 Å². The normalized spacial score (nSPS) is 34.8. The molecular weight excluding hydrogens is 182 g/mol. The molecule has 1 aliphatic heterocycles. The number of thioether (sulfide) groups is 1. The van der Waals surface area contributed by atoms with Gasteiger partial charge in [0.1, 0.15) is 0 Å². The summed E-state index contributed by atoms with van der Waals surface area (Å²) in [5.74, 6) is 1.25. The third kappa shape index (κ3) is 2.39. The van der Waals surface area contributed by atoms with Crippen molar-refractivity contribution in [3.8, 4) is 0 Å². The fraction of sp³-hybridized carbons (Fsp3) is 1.00. The molecule has 0 radical (unpaired) electrons. The molecule has 0 aromatic carbocycles. The summed E-state index contributed by atoms with van der Waals surface area (Å²) in [6.07, 6.45) is 4.18. The highest BCUT2D eigenvalue weighted by Crippen LogP contribution is 2.30. The van der Waals surface area contributed by atoms with Gasteiger partial charge in [-0.05, 0) is 18.6 Å². The molecule has 0 aromatic rings. The van der Waals surface area contributed by atoms with Crippen LogP contribution in [0.4, 0.5) is 0 Å². The first-order valence-electron chi connectivity index (χ1n) is 5.35. The molecule has 2 aliphatic rings. The first-order valence-corrected chi connectivity index (χ1v) is 6.40. The zero-order valence-electron chi connectivity index (χ0n) is 8.29. The Labute approximate surface area is 84.8 Å². The average Bonchev–Trinajstić information content (AvgIpc) is 2.46. The van der Waals surface area contributed by atoms with E-state index in [-0.39, 0.29) is 0 Å². The number of hydrogen-bond donors (Lipinski definition) is 1. The zero-order valence-corrected chi connectivity index (χ0v) is 9.11. The maximum Gasteiger partial charge on any atom is 0.0643 e. The number of rotatable bonds is 4. The Bertz CT molecular complexity index is 161. The standard InChI is InChI=1S/C10H19NOS/c1-2-13-10-5-3-4-9(10)11-8-6-12-7-8/h8-11H,2-7H2,1H3. The maximum atomic E-state index is 5.17. The Hall–Kier alpha value is 0.270. The van der Waals surface area contributed by atoms with Gasteiger partial charge in [0, 0.05) is 11.3 Å². The predicted molar refractivity (Wildman–Crippen MR) is 57.3 cm³/mol. The highest BCUT2D eigenvalue weighted by Gasteiger charge is 2.30. The molecule has 1 N–H and O–H groups in total. The van der Waals surface area contributed by atoms with E-state index < -0.39 is 0 Å². The minimum absolute atomic E-state index is 0.656. The molecule has 0 aromatic heterocycles. The van der Waals surface area contributed by atoms with E-state index in [1.807, 2.05) is 0 Å². The molecule has 2 unspecified atom stereocenters. The second-order valence-electron chi connectivity index (χ2n) is 3.93. The van der Waals surface area contributed by atoms with Crippen molar-refractivity contribution in [2.45, 2.75) is 43.5 Å². The summed E-state index contributed by atoms with van der Waals surface area (Å²) in [7, 11) is 0. The van der Waals surface area contributed by atoms with Crippen LogP contribution in [-0.2, 0) is 4.74 Å². The molecule has 2 nitrogen and oxygen atoms in total. The van der Waals surface area contributed by atoms with Gasteiger partial charge in [-0.2, -0.15) is 11.8 Å². The van der Waals surface area contributed by atoms with Gasteiger partial charge in [0.05, 0.1) is 19.3 Å². The molecule has 0 amide bonds. The molecule has 2 fully saturated rings. The monoisotopic (exact) mass is 201 g/mol. The quantitative estimate of drug-likeness (QED) is 0.747. The van der Waals surface area contributed by atoms with Gasteiger partial charge in [0.25, 0.3) is 0 Å². The fourth-order valence-corrected chi connectivity index (χ4v) is 3.37. The number of nitrogens with one attached hydrogen (secondary N) is 1. The number of ether oxygens (including phenoxy) is 1. The second-order valence-corrected chi connectivity index (χ2v) is 5.45. The molecule has 0 spiro atoms. The lowest BCUT2D eigenvalue weighted by molar-refractivity contribution is -0.00939. The summed E-state index contributed by atoms with van der Waals surface area (Å²) >= 11 is 2.12. The predicted octanol–water partition coefficient (Wildman–Crippen LogP) is 1.65. The Balaban J connectivity index is 1.75. The van der Waals surface area contributed by atoms with Gasteiger partial charge >= 0.3 is 0 Å². The molecule has 1 saturated carbocycles. The Kier molecular flexibility index (Phi) is 3.52. The first-order chi connectivity index (χ1) is 6.40. The Morgan fingerprint density at radius 2 is 2.23 bits per heavy atom. The van der Waals surface area contributed by atoms with Gasteiger partial charge in [-0.25, -0.2) is 0 Å². The van der Waals surface area contributed by atoms with Crippen molar-refractivity contribution in [1.29, 1.82) is 0 Å². The number of hydrogen-bond acceptors (Lipinski definition) is 3. The lowest BCUT2D eigenvalue weighted by Gasteiger charge is -2.32. The van der Waals surface area contributed by atoms with E-state index in [1.165, 1.54) is 25.0 Å². The van der Waals surface area contributed by atoms with Gasteiger partial charge < -0.3 is 10.1 Å². The second kappa shape index (κ2) is 4.67. The molecule has 1 aliphatic carbocycles. The molecule has 2 atom stereocenters. The molecular formula is C10H19NOS. The van der Waals surface area contributed by atoms with Crippen LogP contribution >= 0.6 is 11.8 Å². The minimum atomic E-state index is 0.656. The SMILES string of the molecule is CCSC1CCCC1NC1COC1. The maximum absolute atomic E-state index is 5.17. The molecule has 13 heavy (non-hydrogen) atoms. The van der Waals surface area contributed by atoms with E-state index in [4.69, 9.17) is 4.74 Å². The third-order valence-electron chi connectivity index (χ3n) is 2.92. The van der Waals surface area contributed by atoms with Crippen LogP contribution in [0.1, 0.15) is 26.2 Å². The summed E-state index contributed by atoms with van der Waals surface area (Å²) in [5, 5.41) is 4.57. The molecule has 1 saturated heterocycles. The first kappa shape index (κ1) is 9.81. The van der Waals surface area contributed by atoms with Crippen LogP contribution in [0.25, 0.3) is 0 Å². The van der Waals surface area contributed by atoms with Crippen LogP contribution in [-0.4, -0.2) is 36.3 Å². The zero-order chi connectivity index (χ0) is 9.10. The van der Waals surface area contributed by atoms with E-state index in [0.717, 1.165) is 24.5 Å². The van der Waals surface area contributed by atoms with Crippen molar-refractivity contribution >= 4 is 11.8 Å². The van der Waals surface area contributed by atoms with Crippen molar-refractivity contribution in [2.75, 3.05) is 19.0 Å². The lowest BCUT2D eigenvalue weighted by atomic mass is 10.2. The smallest absolute Gasteiger partial charge is 0.0643 e. The van der Waals surface area contributed by atoms with E-state index >= 15 is 0 Å². The molecule has 2 rings (SSSR count). The van der Waals surface area contributed by atoms with Gasteiger partial charge in [-0.15, -0.1) is 0 Å². The summed E-state index contributed by atoms with van der Waals surface area (Å²) in [6, 6.07) is 1.42. The van der Waals surface area contributed by atoms with Crippen molar-refractivity contribution in [1.82, 2.24) is 5.32 Å². The van der Waals surface area contributed by atoms with E-state index in [0.29, 0.717) is 6.04 Å². The molecule has 3 heteroatoms. The van der Waals surface area contributed by atoms with Crippen LogP contribution in [0, 0.1) is 0 Å². The highest BCUT2D eigenvalue weighted by atomic mass is 32.2. The lowest BCUT2D eigenvalue weighted by Crippen LogP contribution is -2.51. The van der Waals surface area contributed by atoms with Crippen molar-refractivity contribution in [3.63, 3.8) is 0 Å². The van der Waals surface area contributed by atoms with Crippen molar-refractivity contribution in [2.24, 2.45) is 0 Å². The Morgan fingerprint density at radius 3 is 2.85 bits per heavy atom. The van der Waals surface area contributed by atoms with E-state index in [9.17, 15) is 0 Å². The Morgan fingerprint density at radius 1 is 1.38 bits per heavy atom.